The van der Waals surface area contributed by atoms with Gasteiger partial charge in [0.1, 0.15) is 0 Å². The van der Waals surface area contributed by atoms with E-state index in [1.165, 1.54) is 24.3 Å². The Labute approximate surface area is 119 Å². The third kappa shape index (κ3) is 5.26. The van der Waals surface area contributed by atoms with E-state index in [1.807, 2.05) is 13.8 Å². The number of nitrogens with one attached hydrogen (secondary N) is 1. The van der Waals surface area contributed by atoms with Crippen molar-refractivity contribution >= 4 is 15.5 Å². The van der Waals surface area contributed by atoms with Crippen LogP contribution in [0.4, 0.5) is 5.69 Å². The first-order chi connectivity index (χ1) is 9.33. The highest BCUT2D eigenvalue weighted by Gasteiger charge is 2.15. The molecule has 0 aromatic heterocycles. The second-order valence-corrected chi connectivity index (χ2v) is 6.99. The number of rotatable bonds is 8. The van der Waals surface area contributed by atoms with Crippen molar-refractivity contribution in [1.29, 1.82) is 0 Å². The quantitative estimate of drug-likeness (QED) is 0.451. The van der Waals surface area contributed by atoms with E-state index >= 15 is 0 Å². The molecule has 0 heterocycles. The van der Waals surface area contributed by atoms with Crippen LogP contribution < -0.4 is 5.32 Å². The Balaban J connectivity index is 2.54. The fourth-order valence-corrected chi connectivity index (χ4v) is 3.07. The Morgan fingerprint density at radius 1 is 1.20 bits per heavy atom. The summed E-state index contributed by atoms with van der Waals surface area (Å²) in [7, 11) is -3.35. The van der Waals surface area contributed by atoms with Crippen LogP contribution in [0, 0.1) is 10.1 Å². The molecule has 0 amide bonds. The number of non-ortho nitro benzene ring substituents is 1. The molecular formula is C13H20N2O4S. The minimum Gasteiger partial charge on any atom is -0.315 e. The number of nitro benzene ring substituents is 1. The zero-order chi connectivity index (χ0) is 15.2. The fraction of sp³-hybridized carbons (Fsp3) is 0.538. The standard InChI is InChI=1S/C13H20N2O4S/c1-11(2)14-9-3-4-10-20(18,19)13-7-5-12(6-8-13)15(16)17/h5-8,11,14H,3-4,9-10H2,1-2H3. The summed E-state index contributed by atoms with van der Waals surface area (Å²) >= 11 is 0. The summed E-state index contributed by atoms with van der Waals surface area (Å²) < 4.78 is 24.0. The maximum atomic E-state index is 12.0. The monoisotopic (exact) mass is 300 g/mol. The Kier molecular flexibility index (Phi) is 6.09. The van der Waals surface area contributed by atoms with Gasteiger partial charge in [0.15, 0.2) is 9.84 Å². The number of sulfone groups is 1. The molecule has 0 aliphatic carbocycles. The van der Waals surface area contributed by atoms with Crippen LogP contribution >= 0.6 is 0 Å². The molecule has 0 aliphatic rings. The highest BCUT2D eigenvalue weighted by Crippen LogP contribution is 2.17. The molecule has 0 saturated heterocycles. The topological polar surface area (TPSA) is 89.3 Å². The smallest absolute Gasteiger partial charge is 0.269 e. The molecule has 1 N–H and O–H groups in total. The van der Waals surface area contributed by atoms with Crippen LogP contribution in [0.1, 0.15) is 26.7 Å². The predicted molar refractivity (Wildman–Crippen MR) is 77.5 cm³/mol. The average Bonchev–Trinajstić information content (AvgIpc) is 2.38. The lowest BCUT2D eigenvalue weighted by Gasteiger charge is -2.08. The summed E-state index contributed by atoms with van der Waals surface area (Å²) in [5.74, 6) is 0.0601. The van der Waals surface area contributed by atoms with Crippen molar-refractivity contribution in [2.75, 3.05) is 12.3 Å². The number of hydrogen-bond donors (Lipinski definition) is 1. The van der Waals surface area contributed by atoms with Gasteiger partial charge >= 0.3 is 0 Å². The Bertz CT molecular complexity index is 538. The molecular weight excluding hydrogens is 280 g/mol. The number of hydrogen-bond acceptors (Lipinski definition) is 5. The van der Waals surface area contributed by atoms with Crippen LogP contribution in [0.3, 0.4) is 0 Å². The minimum atomic E-state index is -3.35. The van der Waals surface area contributed by atoms with Crippen molar-refractivity contribution in [2.24, 2.45) is 0 Å². The predicted octanol–water partition coefficient (Wildman–Crippen LogP) is 2.15. The van der Waals surface area contributed by atoms with Crippen LogP contribution in [0.15, 0.2) is 29.2 Å². The molecule has 20 heavy (non-hydrogen) atoms. The van der Waals surface area contributed by atoms with Gasteiger partial charge < -0.3 is 5.32 Å². The molecule has 0 atom stereocenters. The Hall–Kier alpha value is -1.47. The number of nitro groups is 1. The van der Waals surface area contributed by atoms with Crippen molar-refractivity contribution in [3.05, 3.63) is 34.4 Å². The molecule has 1 aromatic rings. The van der Waals surface area contributed by atoms with Crippen LogP contribution in [0.25, 0.3) is 0 Å². The molecule has 0 bridgehead atoms. The maximum Gasteiger partial charge on any atom is 0.269 e. The molecule has 0 aliphatic heterocycles. The van der Waals surface area contributed by atoms with E-state index in [4.69, 9.17) is 0 Å². The van der Waals surface area contributed by atoms with Crippen LogP contribution in [-0.4, -0.2) is 31.7 Å². The molecule has 1 rings (SSSR count). The minimum absolute atomic E-state index is 0.0601. The second kappa shape index (κ2) is 7.35. The molecule has 0 unspecified atom stereocenters. The van der Waals surface area contributed by atoms with Crippen LogP contribution in [-0.2, 0) is 9.84 Å². The fourth-order valence-electron chi connectivity index (χ4n) is 1.70. The highest BCUT2D eigenvalue weighted by molar-refractivity contribution is 7.91. The van der Waals surface area contributed by atoms with Gasteiger partial charge in [-0.1, -0.05) is 13.8 Å². The zero-order valence-electron chi connectivity index (χ0n) is 11.7. The first-order valence-electron chi connectivity index (χ1n) is 6.53. The highest BCUT2D eigenvalue weighted by atomic mass is 32.2. The van der Waals surface area contributed by atoms with E-state index in [1.54, 1.807) is 0 Å². The van der Waals surface area contributed by atoms with E-state index in [9.17, 15) is 18.5 Å². The van der Waals surface area contributed by atoms with Gasteiger partial charge in [0.25, 0.3) is 5.69 Å². The summed E-state index contributed by atoms with van der Waals surface area (Å²) in [6.07, 6.45) is 1.35. The molecule has 0 spiro atoms. The molecule has 6 nitrogen and oxygen atoms in total. The molecule has 0 saturated carbocycles. The van der Waals surface area contributed by atoms with Gasteiger partial charge in [-0.3, -0.25) is 10.1 Å². The normalized spacial score (nSPS) is 11.8. The van der Waals surface area contributed by atoms with Crippen LogP contribution in [0.5, 0.6) is 0 Å². The molecule has 0 radical (unpaired) electrons. The summed E-state index contributed by atoms with van der Waals surface area (Å²) in [5.41, 5.74) is -0.106. The molecule has 0 fully saturated rings. The van der Waals surface area contributed by atoms with Crippen molar-refractivity contribution in [3.8, 4) is 0 Å². The van der Waals surface area contributed by atoms with Gasteiger partial charge in [-0.2, -0.15) is 0 Å². The van der Waals surface area contributed by atoms with E-state index in [0.29, 0.717) is 12.5 Å². The van der Waals surface area contributed by atoms with Gasteiger partial charge in [0.05, 0.1) is 15.6 Å². The third-order valence-corrected chi connectivity index (χ3v) is 4.62. The SMILES string of the molecule is CC(C)NCCCCS(=O)(=O)c1ccc([N+](=O)[O-])cc1. The van der Waals surface area contributed by atoms with Crippen LogP contribution in [0.2, 0.25) is 0 Å². The maximum absolute atomic E-state index is 12.0. The average molecular weight is 300 g/mol. The summed E-state index contributed by atoms with van der Waals surface area (Å²) in [6, 6.07) is 5.40. The van der Waals surface area contributed by atoms with Crippen molar-refractivity contribution < 1.29 is 13.3 Å². The number of nitrogens with zero attached hydrogens (tertiary/aromatic N) is 1. The van der Waals surface area contributed by atoms with Gasteiger partial charge in [-0.05, 0) is 31.5 Å². The number of benzene rings is 1. The lowest BCUT2D eigenvalue weighted by Crippen LogP contribution is -2.24. The first kappa shape index (κ1) is 16.6. The lowest BCUT2D eigenvalue weighted by atomic mass is 10.3. The largest absolute Gasteiger partial charge is 0.315 e. The van der Waals surface area contributed by atoms with Gasteiger partial charge in [0, 0.05) is 18.2 Å². The van der Waals surface area contributed by atoms with E-state index in [0.717, 1.165) is 13.0 Å². The van der Waals surface area contributed by atoms with Crippen molar-refractivity contribution in [1.82, 2.24) is 5.32 Å². The molecule has 7 heteroatoms. The zero-order valence-corrected chi connectivity index (χ0v) is 12.5. The molecule has 112 valence electrons. The van der Waals surface area contributed by atoms with Gasteiger partial charge in [-0.25, -0.2) is 8.42 Å². The van der Waals surface area contributed by atoms with E-state index < -0.39 is 14.8 Å². The van der Waals surface area contributed by atoms with Crippen molar-refractivity contribution in [3.63, 3.8) is 0 Å². The summed E-state index contributed by atoms with van der Waals surface area (Å²) in [6.45, 7) is 4.86. The van der Waals surface area contributed by atoms with E-state index in [-0.39, 0.29) is 16.3 Å². The number of unbranched alkanes of at least 4 members (excludes halogenated alkanes) is 1. The lowest BCUT2D eigenvalue weighted by molar-refractivity contribution is -0.384. The van der Waals surface area contributed by atoms with E-state index in [2.05, 4.69) is 5.32 Å². The van der Waals surface area contributed by atoms with Gasteiger partial charge in [-0.15, -0.1) is 0 Å². The van der Waals surface area contributed by atoms with Gasteiger partial charge in [0.2, 0.25) is 0 Å². The summed E-state index contributed by atoms with van der Waals surface area (Å²) in [5, 5.41) is 13.7. The Morgan fingerprint density at radius 3 is 2.30 bits per heavy atom. The summed E-state index contributed by atoms with van der Waals surface area (Å²) in [4.78, 5) is 10.1. The molecule has 1 aromatic carbocycles. The first-order valence-corrected chi connectivity index (χ1v) is 8.19. The third-order valence-electron chi connectivity index (χ3n) is 2.80. The second-order valence-electron chi connectivity index (χ2n) is 4.89. The Morgan fingerprint density at radius 2 is 1.80 bits per heavy atom. The van der Waals surface area contributed by atoms with Crippen molar-refractivity contribution in [2.45, 2.75) is 37.6 Å².